The fourth-order valence-corrected chi connectivity index (χ4v) is 1.25. The van der Waals surface area contributed by atoms with Gasteiger partial charge in [0.15, 0.2) is 0 Å². The number of amides is 1. The van der Waals surface area contributed by atoms with Crippen LogP contribution in [0.15, 0.2) is 24.4 Å². The van der Waals surface area contributed by atoms with Gasteiger partial charge in [-0.1, -0.05) is 13.0 Å². The molecule has 0 spiro atoms. The van der Waals surface area contributed by atoms with Crippen molar-refractivity contribution in [3.8, 4) is 0 Å². The van der Waals surface area contributed by atoms with E-state index in [-0.39, 0.29) is 36.6 Å². The Kier molecular flexibility index (Phi) is 11.2. The molecule has 17 heavy (non-hydrogen) atoms. The number of hydrogen-bond donors (Lipinski definition) is 2. The molecular weight excluding hydrogens is 261 g/mol. The number of hydrogen-bond acceptors (Lipinski definition) is 3. The minimum atomic E-state index is -0.0151. The molecule has 6 heteroatoms. The molecule has 1 heterocycles. The lowest BCUT2D eigenvalue weighted by Gasteiger charge is -2.10. The van der Waals surface area contributed by atoms with Crippen molar-refractivity contribution in [1.29, 1.82) is 0 Å². The molecule has 4 nitrogen and oxygen atoms in total. The number of halogens is 2. The first-order valence-corrected chi connectivity index (χ1v) is 5.06. The van der Waals surface area contributed by atoms with E-state index in [1.54, 1.807) is 6.20 Å². The highest BCUT2D eigenvalue weighted by Crippen LogP contribution is 1.95. The molecule has 0 bridgehead atoms. The summed E-state index contributed by atoms with van der Waals surface area (Å²) in [6, 6.07) is 5.66. The van der Waals surface area contributed by atoms with Crippen LogP contribution in [-0.4, -0.2) is 24.5 Å². The molecule has 0 saturated heterocycles. The first-order valence-electron chi connectivity index (χ1n) is 5.06. The predicted molar refractivity (Wildman–Crippen MR) is 73.7 cm³/mol. The van der Waals surface area contributed by atoms with Gasteiger partial charge in [-0.25, -0.2) is 0 Å². The molecule has 1 amide bonds. The van der Waals surface area contributed by atoms with Crippen molar-refractivity contribution in [2.45, 2.75) is 13.5 Å². The maximum Gasteiger partial charge on any atom is 0.224 e. The quantitative estimate of drug-likeness (QED) is 0.857. The summed E-state index contributed by atoms with van der Waals surface area (Å²) in [6.07, 6.45) is 1.72. The molecule has 1 atom stereocenters. The number of aromatic nitrogens is 1. The van der Waals surface area contributed by atoms with E-state index in [2.05, 4.69) is 15.6 Å². The first kappa shape index (κ1) is 18.5. The summed E-state index contributed by atoms with van der Waals surface area (Å²) < 4.78 is 0. The summed E-state index contributed by atoms with van der Waals surface area (Å²) in [5.74, 6) is 0.0358. The Morgan fingerprint density at radius 3 is 2.65 bits per heavy atom. The van der Waals surface area contributed by atoms with Gasteiger partial charge in [-0.15, -0.1) is 24.8 Å². The molecule has 1 aromatic rings. The van der Waals surface area contributed by atoms with Crippen LogP contribution in [0.1, 0.15) is 12.6 Å². The van der Waals surface area contributed by atoms with Crippen LogP contribution in [0, 0.1) is 5.92 Å². The Labute approximate surface area is 114 Å². The summed E-state index contributed by atoms with van der Waals surface area (Å²) in [4.78, 5) is 15.7. The number of rotatable bonds is 5. The Hall–Kier alpha value is -0.840. The van der Waals surface area contributed by atoms with Crippen LogP contribution in [-0.2, 0) is 11.3 Å². The molecule has 0 aliphatic rings. The van der Waals surface area contributed by atoms with Gasteiger partial charge >= 0.3 is 0 Å². The Balaban J connectivity index is 0. The molecule has 0 aromatic carbocycles. The Morgan fingerprint density at radius 1 is 1.41 bits per heavy atom. The van der Waals surface area contributed by atoms with Crippen LogP contribution in [0.4, 0.5) is 0 Å². The third-order valence-corrected chi connectivity index (χ3v) is 2.13. The van der Waals surface area contributed by atoms with Crippen molar-refractivity contribution in [2.24, 2.45) is 5.92 Å². The molecular formula is C11H19Cl2N3O. The largest absolute Gasteiger partial charge is 0.350 e. The molecule has 0 fully saturated rings. The summed E-state index contributed by atoms with van der Waals surface area (Å²) in [5, 5.41) is 5.81. The lowest BCUT2D eigenvalue weighted by Crippen LogP contribution is -2.34. The Morgan fingerprint density at radius 2 is 2.12 bits per heavy atom. The van der Waals surface area contributed by atoms with Crippen LogP contribution >= 0.6 is 24.8 Å². The van der Waals surface area contributed by atoms with E-state index < -0.39 is 0 Å². The molecule has 0 aliphatic heterocycles. The predicted octanol–water partition coefficient (Wildman–Crippen LogP) is 1.40. The highest BCUT2D eigenvalue weighted by atomic mass is 35.5. The molecule has 0 radical (unpaired) electrons. The maximum atomic E-state index is 11.5. The number of carbonyl (C=O) groups is 1. The third kappa shape index (κ3) is 7.15. The molecule has 1 unspecified atom stereocenters. The van der Waals surface area contributed by atoms with Crippen LogP contribution in [0.25, 0.3) is 0 Å². The highest BCUT2D eigenvalue weighted by molar-refractivity contribution is 5.85. The zero-order valence-corrected chi connectivity index (χ0v) is 11.6. The zero-order chi connectivity index (χ0) is 11.1. The first-order chi connectivity index (χ1) is 7.24. The summed E-state index contributed by atoms with van der Waals surface area (Å²) >= 11 is 0. The van der Waals surface area contributed by atoms with Crippen LogP contribution in [0.5, 0.6) is 0 Å². The lowest BCUT2D eigenvalue weighted by molar-refractivity contribution is -0.124. The van der Waals surface area contributed by atoms with E-state index in [0.717, 1.165) is 5.69 Å². The summed E-state index contributed by atoms with van der Waals surface area (Å²) in [5.41, 5.74) is 0.877. The van der Waals surface area contributed by atoms with Crippen LogP contribution in [0.3, 0.4) is 0 Å². The monoisotopic (exact) mass is 279 g/mol. The van der Waals surface area contributed by atoms with Crippen molar-refractivity contribution < 1.29 is 4.79 Å². The number of nitrogens with one attached hydrogen (secondary N) is 2. The van der Waals surface area contributed by atoms with E-state index in [4.69, 9.17) is 0 Å². The van der Waals surface area contributed by atoms with Gasteiger partial charge in [-0.2, -0.15) is 0 Å². The van der Waals surface area contributed by atoms with Gasteiger partial charge in [0.1, 0.15) is 0 Å². The third-order valence-electron chi connectivity index (χ3n) is 2.13. The topological polar surface area (TPSA) is 54.0 Å². The number of carbonyl (C=O) groups excluding carboxylic acids is 1. The SMILES string of the molecule is CNCC(C)C(=O)NCc1ccccn1.Cl.Cl. The molecule has 98 valence electrons. The van der Waals surface area contributed by atoms with Gasteiger partial charge in [0.25, 0.3) is 0 Å². The van der Waals surface area contributed by atoms with Crippen molar-refractivity contribution in [2.75, 3.05) is 13.6 Å². The number of pyridine rings is 1. The minimum absolute atomic E-state index is 0. The average molecular weight is 280 g/mol. The lowest BCUT2D eigenvalue weighted by atomic mass is 10.1. The Bertz CT molecular complexity index is 309. The van der Waals surface area contributed by atoms with E-state index in [1.807, 2.05) is 32.2 Å². The van der Waals surface area contributed by atoms with Crippen LogP contribution in [0.2, 0.25) is 0 Å². The highest BCUT2D eigenvalue weighted by Gasteiger charge is 2.10. The standard InChI is InChI=1S/C11H17N3O.2ClH/c1-9(7-12-2)11(15)14-8-10-5-3-4-6-13-10;;/h3-6,9,12H,7-8H2,1-2H3,(H,14,15);2*1H. The fourth-order valence-electron chi connectivity index (χ4n) is 1.25. The fraction of sp³-hybridized carbons (Fsp3) is 0.455. The molecule has 1 aromatic heterocycles. The second-order valence-electron chi connectivity index (χ2n) is 3.50. The second-order valence-corrected chi connectivity index (χ2v) is 3.50. The molecule has 0 saturated carbocycles. The molecule has 1 rings (SSSR count). The van der Waals surface area contributed by atoms with Crippen molar-refractivity contribution in [3.05, 3.63) is 30.1 Å². The molecule has 2 N–H and O–H groups in total. The van der Waals surface area contributed by atoms with Gasteiger partial charge in [0, 0.05) is 18.7 Å². The maximum absolute atomic E-state index is 11.5. The zero-order valence-electron chi connectivity index (χ0n) is 9.97. The number of nitrogens with zero attached hydrogens (tertiary/aromatic N) is 1. The van der Waals surface area contributed by atoms with Crippen molar-refractivity contribution in [1.82, 2.24) is 15.6 Å². The second kappa shape index (κ2) is 10.3. The van der Waals surface area contributed by atoms with E-state index >= 15 is 0 Å². The average Bonchev–Trinajstić information content (AvgIpc) is 2.27. The van der Waals surface area contributed by atoms with Crippen LogP contribution < -0.4 is 10.6 Å². The van der Waals surface area contributed by atoms with E-state index in [9.17, 15) is 4.79 Å². The summed E-state index contributed by atoms with van der Waals surface area (Å²) in [6.45, 7) is 3.08. The van der Waals surface area contributed by atoms with Gasteiger partial charge in [0.2, 0.25) is 5.91 Å². The van der Waals surface area contributed by atoms with Crippen molar-refractivity contribution in [3.63, 3.8) is 0 Å². The smallest absolute Gasteiger partial charge is 0.224 e. The van der Waals surface area contributed by atoms with Gasteiger partial charge < -0.3 is 10.6 Å². The van der Waals surface area contributed by atoms with E-state index in [0.29, 0.717) is 13.1 Å². The normalized spacial score (nSPS) is 10.7. The molecule has 0 aliphatic carbocycles. The summed E-state index contributed by atoms with van der Waals surface area (Å²) in [7, 11) is 1.84. The van der Waals surface area contributed by atoms with Gasteiger partial charge in [-0.3, -0.25) is 9.78 Å². The minimum Gasteiger partial charge on any atom is -0.350 e. The van der Waals surface area contributed by atoms with Crippen molar-refractivity contribution >= 4 is 30.7 Å². The van der Waals surface area contributed by atoms with E-state index in [1.165, 1.54) is 0 Å². The van der Waals surface area contributed by atoms with Gasteiger partial charge in [-0.05, 0) is 19.2 Å². The van der Waals surface area contributed by atoms with Gasteiger partial charge in [0.05, 0.1) is 12.2 Å².